The minimum Gasteiger partial charge on any atom is -0.485 e. The zero-order valence-electron chi connectivity index (χ0n) is 8.27. The van der Waals surface area contributed by atoms with Crippen LogP contribution >= 0.6 is 0 Å². The van der Waals surface area contributed by atoms with Gasteiger partial charge in [0, 0.05) is 11.6 Å². The van der Waals surface area contributed by atoms with Gasteiger partial charge in [0.15, 0.2) is 0 Å². The van der Waals surface area contributed by atoms with Crippen molar-refractivity contribution < 1.29 is 9.47 Å². The van der Waals surface area contributed by atoms with Gasteiger partial charge in [-0.25, -0.2) is 0 Å². The Balaban J connectivity index is 2.13. The van der Waals surface area contributed by atoms with Gasteiger partial charge in [-0.1, -0.05) is 18.2 Å². The predicted octanol–water partition coefficient (Wildman–Crippen LogP) is 1.48. The summed E-state index contributed by atoms with van der Waals surface area (Å²) in [5.41, 5.74) is 6.89. The lowest BCUT2D eigenvalue weighted by Gasteiger charge is -2.28. The second-order valence-electron chi connectivity index (χ2n) is 3.60. The molecule has 14 heavy (non-hydrogen) atoms. The van der Waals surface area contributed by atoms with E-state index in [-0.39, 0.29) is 12.1 Å². The average Bonchev–Trinajstić information content (AvgIpc) is 2.12. The normalized spacial score (nSPS) is 18.7. The minimum atomic E-state index is 0.00666. The van der Waals surface area contributed by atoms with Gasteiger partial charge < -0.3 is 15.2 Å². The van der Waals surface area contributed by atoms with Gasteiger partial charge in [-0.15, -0.1) is 0 Å². The molecule has 76 valence electrons. The fraction of sp³-hybridized carbons (Fsp3) is 0.455. The van der Waals surface area contributed by atoms with Crippen molar-refractivity contribution in [1.82, 2.24) is 0 Å². The van der Waals surface area contributed by atoms with E-state index < -0.39 is 0 Å². The van der Waals surface area contributed by atoms with E-state index in [0.717, 1.165) is 11.3 Å². The first kappa shape index (κ1) is 9.49. The topological polar surface area (TPSA) is 44.5 Å². The molecule has 1 saturated heterocycles. The number of hydrogen-bond donors (Lipinski definition) is 1. The van der Waals surface area contributed by atoms with Gasteiger partial charge in [-0.3, -0.25) is 0 Å². The van der Waals surface area contributed by atoms with Crippen molar-refractivity contribution in [3.8, 4) is 5.75 Å². The lowest BCUT2D eigenvalue weighted by atomic mass is 10.1. The second kappa shape index (κ2) is 3.98. The van der Waals surface area contributed by atoms with Crippen LogP contribution in [0.15, 0.2) is 24.3 Å². The highest BCUT2D eigenvalue weighted by Crippen LogP contribution is 2.25. The largest absolute Gasteiger partial charge is 0.485 e. The molecule has 0 bridgehead atoms. The van der Waals surface area contributed by atoms with Gasteiger partial charge in [0.2, 0.25) is 0 Å². The van der Waals surface area contributed by atoms with Gasteiger partial charge in [-0.2, -0.15) is 0 Å². The Bertz CT molecular complexity index is 308. The fourth-order valence-electron chi connectivity index (χ4n) is 1.43. The van der Waals surface area contributed by atoms with Gasteiger partial charge >= 0.3 is 0 Å². The molecule has 0 spiro atoms. The Morgan fingerprint density at radius 2 is 2.14 bits per heavy atom. The van der Waals surface area contributed by atoms with E-state index in [0.29, 0.717) is 13.2 Å². The van der Waals surface area contributed by atoms with Crippen LogP contribution in [0.3, 0.4) is 0 Å². The van der Waals surface area contributed by atoms with Gasteiger partial charge in [0.25, 0.3) is 0 Å². The maximum atomic E-state index is 5.84. The minimum absolute atomic E-state index is 0.00666. The van der Waals surface area contributed by atoms with Crippen molar-refractivity contribution >= 4 is 0 Å². The molecule has 1 fully saturated rings. The monoisotopic (exact) mass is 193 g/mol. The number of ether oxygens (including phenoxy) is 2. The highest BCUT2D eigenvalue weighted by atomic mass is 16.6. The van der Waals surface area contributed by atoms with Crippen LogP contribution in [0.1, 0.15) is 18.5 Å². The van der Waals surface area contributed by atoms with Crippen molar-refractivity contribution in [2.45, 2.75) is 19.1 Å². The number of rotatable bonds is 3. The van der Waals surface area contributed by atoms with Gasteiger partial charge in [0.1, 0.15) is 11.9 Å². The number of hydrogen-bond acceptors (Lipinski definition) is 3. The molecule has 2 rings (SSSR count). The Kier molecular flexibility index (Phi) is 2.70. The second-order valence-corrected chi connectivity index (χ2v) is 3.60. The molecule has 0 saturated carbocycles. The molecule has 1 unspecified atom stereocenters. The standard InChI is InChI=1S/C11H15NO2/c1-8(12)10-4-2-3-5-11(10)14-9-6-13-7-9/h2-5,8-9H,6-7,12H2,1H3. The molecule has 3 nitrogen and oxygen atoms in total. The Labute approximate surface area is 83.8 Å². The van der Waals surface area contributed by atoms with Crippen LogP contribution in [0.2, 0.25) is 0 Å². The summed E-state index contributed by atoms with van der Waals surface area (Å²) in [4.78, 5) is 0. The summed E-state index contributed by atoms with van der Waals surface area (Å²) in [5, 5.41) is 0. The number of para-hydroxylation sites is 1. The first-order chi connectivity index (χ1) is 6.77. The van der Waals surface area contributed by atoms with E-state index in [9.17, 15) is 0 Å². The summed E-state index contributed by atoms with van der Waals surface area (Å²) in [6.45, 7) is 3.33. The zero-order chi connectivity index (χ0) is 9.97. The summed E-state index contributed by atoms with van der Waals surface area (Å²) < 4.78 is 10.8. The van der Waals surface area contributed by atoms with Crippen molar-refractivity contribution in [2.75, 3.05) is 13.2 Å². The Morgan fingerprint density at radius 3 is 2.71 bits per heavy atom. The summed E-state index contributed by atoms with van der Waals surface area (Å²) in [5.74, 6) is 0.885. The van der Waals surface area contributed by atoms with Crippen LogP contribution in [0.25, 0.3) is 0 Å². The molecule has 0 amide bonds. The van der Waals surface area contributed by atoms with E-state index in [2.05, 4.69) is 0 Å². The average molecular weight is 193 g/mol. The van der Waals surface area contributed by atoms with E-state index in [1.54, 1.807) is 0 Å². The first-order valence-corrected chi connectivity index (χ1v) is 4.86. The number of nitrogens with two attached hydrogens (primary N) is 1. The molecule has 1 aliphatic heterocycles. The molecule has 0 aliphatic carbocycles. The SMILES string of the molecule is CC(N)c1ccccc1OC1COC1. The van der Waals surface area contributed by atoms with E-state index in [1.807, 2.05) is 31.2 Å². The summed E-state index contributed by atoms with van der Waals surface area (Å²) in [7, 11) is 0. The fourth-order valence-corrected chi connectivity index (χ4v) is 1.43. The van der Waals surface area contributed by atoms with Crippen LogP contribution in [0.4, 0.5) is 0 Å². The molecule has 0 aromatic heterocycles. The van der Waals surface area contributed by atoms with E-state index >= 15 is 0 Å². The van der Waals surface area contributed by atoms with Gasteiger partial charge in [-0.05, 0) is 13.0 Å². The van der Waals surface area contributed by atoms with Crippen LogP contribution in [0.5, 0.6) is 5.75 Å². The van der Waals surface area contributed by atoms with Crippen LogP contribution in [-0.4, -0.2) is 19.3 Å². The molecule has 1 atom stereocenters. The first-order valence-electron chi connectivity index (χ1n) is 4.86. The molecule has 2 N–H and O–H groups in total. The maximum Gasteiger partial charge on any atom is 0.145 e. The summed E-state index contributed by atoms with van der Waals surface area (Å²) in [6.07, 6.45) is 0.204. The Hall–Kier alpha value is -1.06. The maximum absolute atomic E-state index is 5.84. The molecule has 1 aliphatic rings. The predicted molar refractivity (Wildman–Crippen MR) is 54.3 cm³/mol. The molecule has 1 aromatic rings. The van der Waals surface area contributed by atoms with Crippen molar-refractivity contribution in [3.63, 3.8) is 0 Å². The zero-order valence-corrected chi connectivity index (χ0v) is 8.27. The quantitative estimate of drug-likeness (QED) is 0.790. The van der Waals surface area contributed by atoms with Crippen molar-refractivity contribution in [1.29, 1.82) is 0 Å². The lowest BCUT2D eigenvalue weighted by molar-refractivity contribution is -0.0800. The molecule has 1 heterocycles. The molecular formula is C11H15NO2. The highest BCUT2D eigenvalue weighted by Gasteiger charge is 2.21. The van der Waals surface area contributed by atoms with Crippen LogP contribution in [-0.2, 0) is 4.74 Å². The number of benzene rings is 1. The highest BCUT2D eigenvalue weighted by molar-refractivity contribution is 5.35. The van der Waals surface area contributed by atoms with Gasteiger partial charge in [0.05, 0.1) is 13.2 Å². The molecule has 3 heteroatoms. The molecule has 1 aromatic carbocycles. The molecule has 0 radical (unpaired) electrons. The third kappa shape index (κ3) is 1.89. The van der Waals surface area contributed by atoms with Crippen LogP contribution < -0.4 is 10.5 Å². The van der Waals surface area contributed by atoms with Crippen molar-refractivity contribution in [2.24, 2.45) is 5.73 Å². The van der Waals surface area contributed by atoms with Crippen LogP contribution in [0, 0.1) is 0 Å². The third-order valence-corrected chi connectivity index (χ3v) is 2.31. The Morgan fingerprint density at radius 1 is 1.43 bits per heavy atom. The smallest absolute Gasteiger partial charge is 0.145 e. The molecular weight excluding hydrogens is 178 g/mol. The van der Waals surface area contributed by atoms with E-state index in [4.69, 9.17) is 15.2 Å². The summed E-state index contributed by atoms with van der Waals surface area (Å²) >= 11 is 0. The third-order valence-electron chi connectivity index (χ3n) is 2.31. The summed E-state index contributed by atoms with van der Waals surface area (Å²) in [6, 6.07) is 7.90. The van der Waals surface area contributed by atoms with E-state index in [1.165, 1.54) is 0 Å². The van der Waals surface area contributed by atoms with Crippen molar-refractivity contribution in [3.05, 3.63) is 29.8 Å². The lowest BCUT2D eigenvalue weighted by Crippen LogP contribution is -2.38.